The second kappa shape index (κ2) is 13.2. The van der Waals surface area contributed by atoms with Crippen molar-refractivity contribution in [2.75, 3.05) is 46.9 Å². The molecule has 1 aliphatic carbocycles. The van der Waals surface area contributed by atoms with Crippen LogP contribution in [-0.2, 0) is 10.2 Å². The number of amides is 1. The van der Waals surface area contributed by atoms with E-state index < -0.39 is 0 Å². The van der Waals surface area contributed by atoms with Gasteiger partial charge in [-0.2, -0.15) is 0 Å². The van der Waals surface area contributed by atoms with Crippen molar-refractivity contribution < 1.29 is 9.53 Å². The van der Waals surface area contributed by atoms with E-state index >= 15 is 0 Å². The van der Waals surface area contributed by atoms with Crippen LogP contribution in [0.2, 0.25) is 0 Å². The predicted molar refractivity (Wildman–Crippen MR) is 141 cm³/mol. The van der Waals surface area contributed by atoms with Crippen LogP contribution in [0.15, 0.2) is 29.3 Å². The standard InChI is InChI=1S/C24H39N5O2.HI/c1-4-26-23(28-20-10-14-29(15-11-20)17-22(30)25-2)27-18-24(12-5-6-13-24)19-8-7-9-21(16-19)31-3;/h7-9,16,20H,4-6,10-15,17-18H2,1-3H3,(H,25,30)(H2,26,27,28);1H. The molecule has 0 atom stereocenters. The number of methoxy groups -OCH3 is 1. The van der Waals surface area contributed by atoms with Gasteiger partial charge in [0.25, 0.3) is 0 Å². The Kier molecular flexibility index (Phi) is 11.0. The van der Waals surface area contributed by atoms with Gasteiger partial charge in [0.1, 0.15) is 5.75 Å². The first-order valence-corrected chi connectivity index (χ1v) is 11.7. The van der Waals surface area contributed by atoms with Crippen LogP contribution in [0.3, 0.4) is 0 Å². The Morgan fingerprint density at radius 2 is 1.97 bits per heavy atom. The van der Waals surface area contributed by atoms with Crippen LogP contribution in [-0.4, -0.2) is 69.7 Å². The monoisotopic (exact) mass is 557 g/mol. The van der Waals surface area contributed by atoms with Gasteiger partial charge < -0.3 is 20.7 Å². The number of ether oxygens (including phenoxy) is 1. The van der Waals surface area contributed by atoms with E-state index in [0.717, 1.165) is 50.7 Å². The quantitative estimate of drug-likeness (QED) is 0.261. The Bertz CT molecular complexity index is 744. The highest BCUT2D eigenvalue weighted by Gasteiger charge is 2.36. The summed E-state index contributed by atoms with van der Waals surface area (Å²) in [5.74, 6) is 1.91. The summed E-state index contributed by atoms with van der Waals surface area (Å²) in [5, 5.41) is 9.79. The fourth-order valence-electron chi connectivity index (χ4n) is 4.80. The molecule has 0 bridgehead atoms. The number of halogens is 1. The third-order valence-electron chi connectivity index (χ3n) is 6.70. The molecule has 2 fully saturated rings. The lowest BCUT2D eigenvalue weighted by molar-refractivity contribution is -0.122. The molecule has 7 nitrogen and oxygen atoms in total. The minimum Gasteiger partial charge on any atom is -0.497 e. The zero-order valence-corrected chi connectivity index (χ0v) is 22.1. The minimum atomic E-state index is 0. The lowest BCUT2D eigenvalue weighted by Crippen LogP contribution is -2.50. The summed E-state index contributed by atoms with van der Waals surface area (Å²) < 4.78 is 5.47. The molecule has 0 radical (unpaired) electrons. The minimum absolute atomic E-state index is 0. The van der Waals surface area contributed by atoms with Gasteiger partial charge in [-0.15, -0.1) is 24.0 Å². The van der Waals surface area contributed by atoms with Gasteiger partial charge in [-0.1, -0.05) is 25.0 Å². The van der Waals surface area contributed by atoms with Crippen LogP contribution in [0.1, 0.15) is 51.0 Å². The molecule has 0 unspecified atom stereocenters. The molecule has 1 amide bonds. The zero-order chi connectivity index (χ0) is 22.1. The van der Waals surface area contributed by atoms with Gasteiger partial charge in [-0.05, 0) is 50.3 Å². The van der Waals surface area contributed by atoms with Crippen LogP contribution >= 0.6 is 24.0 Å². The lowest BCUT2D eigenvalue weighted by Gasteiger charge is -2.33. The number of guanidine groups is 1. The van der Waals surface area contributed by atoms with E-state index in [2.05, 4.69) is 46.0 Å². The van der Waals surface area contributed by atoms with Crippen molar-refractivity contribution in [3.05, 3.63) is 29.8 Å². The van der Waals surface area contributed by atoms with Gasteiger partial charge >= 0.3 is 0 Å². The van der Waals surface area contributed by atoms with E-state index in [1.807, 2.05) is 6.07 Å². The summed E-state index contributed by atoms with van der Waals surface area (Å²) in [6, 6.07) is 8.90. The summed E-state index contributed by atoms with van der Waals surface area (Å²) in [4.78, 5) is 18.9. The molecule has 0 aromatic heterocycles. The molecular weight excluding hydrogens is 517 g/mol. The smallest absolute Gasteiger partial charge is 0.233 e. The van der Waals surface area contributed by atoms with E-state index in [1.54, 1.807) is 14.2 Å². The maximum absolute atomic E-state index is 11.6. The lowest BCUT2D eigenvalue weighted by atomic mass is 9.79. The first kappa shape index (κ1) is 26.7. The van der Waals surface area contributed by atoms with Crippen LogP contribution < -0.4 is 20.7 Å². The number of likely N-dealkylation sites (tertiary alicyclic amines) is 1. The van der Waals surface area contributed by atoms with Gasteiger partial charge in [0.15, 0.2) is 5.96 Å². The molecule has 1 saturated carbocycles. The van der Waals surface area contributed by atoms with E-state index in [0.29, 0.717) is 12.6 Å². The third-order valence-corrected chi connectivity index (χ3v) is 6.70. The van der Waals surface area contributed by atoms with Crippen molar-refractivity contribution in [1.29, 1.82) is 0 Å². The average Bonchev–Trinajstić information content (AvgIpc) is 3.29. The Balaban J connectivity index is 0.00000363. The van der Waals surface area contributed by atoms with Gasteiger partial charge in [-0.3, -0.25) is 14.7 Å². The maximum Gasteiger partial charge on any atom is 0.233 e. The molecule has 2 aliphatic rings. The Labute approximate surface area is 210 Å². The van der Waals surface area contributed by atoms with E-state index in [1.165, 1.54) is 31.2 Å². The molecule has 1 aliphatic heterocycles. The summed E-state index contributed by atoms with van der Waals surface area (Å²) in [7, 11) is 3.42. The molecule has 0 spiro atoms. The number of carbonyl (C=O) groups excluding carboxylic acids is 1. The summed E-state index contributed by atoms with van der Waals surface area (Å²) >= 11 is 0. The number of nitrogens with zero attached hydrogens (tertiary/aromatic N) is 2. The van der Waals surface area contributed by atoms with Crippen LogP contribution in [0.4, 0.5) is 0 Å². The molecule has 3 rings (SSSR count). The van der Waals surface area contributed by atoms with Crippen molar-refractivity contribution in [3.63, 3.8) is 0 Å². The Morgan fingerprint density at radius 1 is 1.25 bits per heavy atom. The topological polar surface area (TPSA) is 78.0 Å². The summed E-state index contributed by atoms with van der Waals surface area (Å²) in [5.41, 5.74) is 1.43. The Morgan fingerprint density at radius 3 is 2.59 bits per heavy atom. The highest BCUT2D eigenvalue weighted by Crippen LogP contribution is 2.42. The number of piperidine rings is 1. The van der Waals surface area contributed by atoms with Gasteiger partial charge in [0.2, 0.25) is 5.91 Å². The van der Waals surface area contributed by atoms with Gasteiger partial charge in [-0.25, -0.2) is 0 Å². The number of aliphatic imine (C=N–C) groups is 1. The van der Waals surface area contributed by atoms with E-state index in [4.69, 9.17) is 9.73 Å². The molecule has 180 valence electrons. The van der Waals surface area contributed by atoms with E-state index in [-0.39, 0.29) is 35.3 Å². The molecule has 32 heavy (non-hydrogen) atoms. The number of benzene rings is 1. The molecule has 1 aromatic rings. The SMILES string of the molecule is CCNC(=NCC1(c2cccc(OC)c2)CCCC1)NC1CCN(CC(=O)NC)CC1.I. The van der Waals surface area contributed by atoms with Crippen molar-refractivity contribution in [1.82, 2.24) is 20.9 Å². The number of hydrogen-bond acceptors (Lipinski definition) is 4. The van der Waals surface area contributed by atoms with Gasteiger partial charge in [0, 0.05) is 38.1 Å². The zero-order valence-electron chi connectivity index (χ0n) is 19.8. The second-order valence-electron chi connectivity index (χ2n) is 8.78. The predicted octanol–water partition coefficient (Wildman–Crippen LogP) is 2.89. The van der Waals surface area contributed by atoms with Crippen molar-refractivity contribution in [3.8, 4) is 5.75 Å². The average molecular weight is 558 g/mol. The molecule has 1 heterocycles. The fraction of sp³-hybridized carbons (Fsp3) is 0.667. The number of hydrogen-bond donors (Lipinski definition) is 3. The first-order chi connectivity index (χ1) is 15.1. The number of rotatable bonds is 8. The largest absolute Gasteiger partial charge is 0.497 e. The molecule has 3 N–H and O–H groups in total. The normalized spacial score (nSPS) is 19.2. The maximum atomic E-state index is 11.6. The summed E-state index contributed by atoms with van der Waals surface area (Å²) in [6.45, 7) is 6.08. The second-order valence-corrected chi connectivity index (χ2v) is 8.78. The fourth-order valence-corrected chi connectivity index (χ4v) is 4.80. The Hall–Kier alpha value is -1.55. The van der Waals surface area contributed by atoms with Crippen LogP contribution in [0.25, 0.3) is 0 Å². The highest BCUT2D eigenvalue weighted by molar-refractivity contribution is 14.0. The number of nitrogens with one attached hydrogen (secondary N) is 3. The van der Waals surface area contributed by atoms with Gasteiger partial charge in [0.05, 0.1) is 20.2 Å². The van der Waals surface area contributed by atoms with Crippen LogP contribution in [0.5, 0.6) is 5.75 Å². The van der Waals surface area contributed by atoms with Crippen molar-refractivity contribution in [2.45, 2.75) is 56.9 Å². The van der Waals surface area contributed by atoms with Crippen LogP contribution in [0, 0.1) is 0 Å². The first-order valence-electron chi connectivity index (χ1n) is 11.7. The highest BCUT2D eigenvalue weighted by atomic mass is 127. The van der Waals surface area contributed by atoms with E-state index in [9.17, 15) is 4.79 Å². The number of likely N-dealkylation sites (N-methyl/N-ethyl adjacent to an activating group) is 1. The number of carbonyl (C=O) groups is 1. The summed E-state index contributed by atoms with van der Waals surface area (Å²) in [6.07, 6.45) is 6.87. The molecular formula is C24H40IN5O2. The molecule has 8 heteroatoms. The third kappa shape index (κ3) is 7.23. The molecule has 1 saturated heterocycles. The molecule has 1 aromatic carbocycles. The van der Waals surface area contributed by atoms with Crippen molar-refractivity contribution >= 4 is 35.8 Å². The van der Waals surface area contributed by atoms with Crippen molar-refractivity contribution in [2.24, 2.45) is 4.99 Å².